The number of hydrogen-bond acceptors (Lipinski definition) is 5. The lowest BCUT2D eigenvalue weighted by Gasteiger charge is -2.18. The monoisotopic (exact) mass is 248 g/mol. The highest BCUT2D eigenvalue weighted by atomic mass is 16.6. The number of nitrogens with one attached hydrogen (secondary N) is 1. The number of aryl methyl sites for hydroxylation is 1. The summed E-state index contributed by atoms with van der Waals surface area (Å²) in [5.41, 5.74) is 0.944. The van der Waals surface area contributed by atoms with Gasteiger partial charge in [-0.2, -0.15) is 0 Å². The molecular weight excluding hydrogens is 232 g/mol. The molecule has 96 valence electrons. The van der Waals surface area contributed by atoms with Crippen molar-refractivity contribution in [3.05, 3.63) is 27.9 Å². The lowest BCUT2D eigenvalue weighted by atomic mass is 10.0. The Morgan fingerprint density at radius 3 is 2.67 bits per heavy atom. The van der Waals surface area contributed by atoms with Crippen molar-refractivity contribution in [3.8, 4) is 0 Å². The van der Waals surface area contributed by atoms with Gasteiger partial charge in [0.1, 0.15) is 0 Å². The van der Waals surface area contributed by atoms with Gasteiger partial charge in [0.15, 0.2) is 0 Å². The zero-order chi connectivity index (χ0) is 12.7. The van der Waals surface area contributed by atoms with Crippen LogP contribution >= 0.6 is 0 Å². The van der Waals surface area contributed by atoms with Gasteiger partial charge in [0.25, 0.3) is 0 Å². The number of aromatic nitrogens is 1. The highest BCUT2D eigenvalue weighted by Crippen LogP contribution is 2.34. The molecule has 2 saturated heterocycles. The van der Waals surface area contributed by atoms with E-state index in [2.05, 4.69) is 15.2 Å². The fourth-order valence-electron chi connectivity index (χ4n) is 2.94. The van der Waals surface area contributed by atoms with Gasteiger partial charge in [-0.25, -0.2) is 4.98 Å². The SMILES string of the molecule is Cc1ccc([N+](=O)[O-])c(N2C[C@H]3CNC[C@H]3C2)n1. The molecule has 2 aliphatic heterocycles. The van der Waals surface area contributed by atoms with Crippen LogP contribution in [0.3, 0.4) is 0 Å². The van der Waals surface area contributed by atoms with E-state index < -0.39 is 0 Å². The van der Waals surface area contributed by atoms with Gasteiger partial charge in [-0.05, 0) is 24.8 Å². The number of rotatable bonds is 2. The number of pyridine rings is 1. The summed E-state index contributed by atoms with van der Waals surface area (Å²) < 4.78 is 0. The molecule has 0 amide bonds. The molecule has 2 fully saturated rings. The van der Waals surface area contributed by atoms with E-state index in [4.69, 9.17) is 0 Å². The van der Waals surface area contributed by atoms with E-state index in [-0.39, 0.29) is 10.6 Å². The Bertz CT molecular complexity index is 479. The minimum Gasteiger partial charge on any atom is -0.350 e. The molecule has 0 spiro atoms. The van der Waals surface area contributed by atoms with Gasteiger partial charge in [0, 0.05) is 37.9 Å². The van der Waals surface area contributed by atoms with Crippen LogP contribution in [0.4, 0.5) is 11.5 Å². The van der Waals surface area contributed by atoms with Crippen LogP contribution in [0.5, 0.6) is 0 Å². The molecule has 2 aliphatic rings. The summed E-state index contributed by atoms with van der Waals surface area (Å²) in [6.07, 6.45) is 0. The first-order chi connectivity index (χ1) is 8.65. The Balaban J connectivity index is 1.92. The highest BCUT2D eigenvalue weighted by molar-refractivity contribution is 5.59. The average molecular weight is 248 g/mol. The number of nitro groups is 1. The summed E-state index contributed by atoms with van der Waals surface area (Å²) in [5, 5.41) is 14.4. The zero-order valence-corrected chi connectivity index (χ0v) is 10.3. The van der Waals surface area contributed by atoms with Gasteiger partial charge in [-0.15, -0.1) is 0 Å². The maximum absolute atomic E-state index is 11.1. The molecule has 1 N–H and O–H groups in total. The first-order valence-electron chi connectivity index (χ1n) is 6.23. The smallest absolute Gasteiger partial charge is 0.311 e. The maximum Gasteiger partial charge on any atom is 0.311 e. The fraction of sp³-hybridized carbons (Fsp3) is 0.583. The molecular formula is C12H16N4O2. The molecule has 0 aliphatic carbocycles. The van der Waals surface area contributed by atoms with Crippen molar-refractivity contribution in [1.82, 2.24) is 10.3 Å². The molecule has 18 heavy (non-hydrogen) atoms. The molecule has 0 aromatic carbocycles. The normalized spacial score (nSPS) is 26.4. The lowest BCUT2D eigenvalue weighted by Crippen LogP contribution is -2.27. The summed E-state index contributed by atoms with van der Waals surface area (Å²) in [6, 6.07) is 3.25. The number of hydrogen-bond donors (Lipinski definition) is 1. The van der Waals surface area contributed by atoms with Crippen LogP contribution in [0, 0.1) is 28.9 Å². The van der Waals surface area contributed by atoms with Gasteiger partial charge in [-0.3, -0.25) is 10.1 Å². The van der Waals surface area contributed by atoms with Crippen LogP contribution in [0.15, 0.2) is 12.1 Å². The molecule has 1 aromatic heterocycles. The minimum atomic E-state index is -0.339. The van der Waals surface area contributed by atoms with Crippen LogP contribution in [0.1, 0.15) is 5.69 Å². The standard InChI is InChI=1S/C12H16N4O2/c1-8-2-3-11(16(17)18)12(14-8)15-6-9-4-13-5-10(9)7-15/h2-3,9-10,13H,4-7H2,1H3/t9-,10+. The first-order valence-corrected chi connectivity index (χ1v) is 6.23. The first kappa shape index (κ1) is 11.4. The van der Waals surface area contributed by atoms with E-state index in [1.807, 2.05) is 6.92 Å². The van der Waals surface area contributed by atoms with Gasteiger partial charge < -0.3 is 10.2 Å². The number of anilines is 1. The van der Waals surface area contributed by atoms with Crippen LogP contribution in [-0.4, -0.2) is 36.1 Å². The molecule has 3 heterocycles. The maximum atomic E-state index is 11.1. The molecule has 2 atom stereocenters. The predicted octanol–water partition coefficient (Wildman–Crippen LogP) is 0.954. The van der Waals surface area contributed by atoms with Crippen molar-refractivity contribution in [1.29, 1.82) is 0 Å². The summed E-state index contributed by atoms with van der Waals surface area (Å²) in [4.78, 5) is 17.2. The Morgan fingerprint density at radius 2 is 2.06 bits per heavy atom. The largest absolute Gasteiger partial charge is 0.350 e. The highest BCUT2D eigenvalue weighted by Gasteiger charge is 2.38. The fourth-order valence-corrected chi connectivity index (χ4v) is 2.94. The van der Waals surface area contributed by atoms with Gasteiger partial charge in [-0.1, -0.05) is 0 Å². The van der Waals surface area contributed by atoms with Gasteiger partial charge >= 0.3 is 5.69 Å². The second-order valence-electron chi connectivity index (χ2n) is 5.14. The second kappa shape index (κ2) is 4.20. The van der Waals surface area contributed by atoms with Crippen molar-refractivity contribution in [2.75, 3.05) is 31.1 Å². The molecule has 0 unspecified atom stereocenters. The van der Waals surface area contributed by atoms with Crippen LogP contribution in [-0.2, 0) is 0 Å². The van der Waals surface area contributed by atoms with E-state index in [1.165, 1.54) is 0 Å². The molecule has 6 nitrogen and oxygen atoms in total. The summed E-state index contributed by atoms with van der Waals surface area (Å²) >= 11 is 0. The average Bonchev–Trinajstić information content (AvgIpc) is 2.88. The second-order valence-corrected chi connectivity index (χ2v) is 5.14. The minimum absolute atomic E-state index is 0.119. The van der Waals surface area contributed by atoms with Gasteiger partial charge in [0.2, 0.25) is 5.82 Å². The molecule has 0 radical (unpaired) electrons. The summed E-state index contributed by atoms with van der Waals surface area (Å²) in [7, 11) is 0. The molecule has 0 saturated carbocycles. The Hall–Kier alpha value is -1.69. The predicted molar refractivity (Wildman–Crippen MR) is 67.7 cm³/mol. The third-order valence-electron chi connectivity index (χ3n) is 3.88. The van der Waals surface area contributed by atoms with Crippen molar-refractivity contribution in [2.45, 2.75) is 6.92 Å². The van der Waals surface area contributed by atoms with Crippen molar-refractivity contribution >= 4 is 11.5 Å². The Kier molecular flexibility index (Phi) is 2.66. The third-order valence-corrected chi connectivity index (χ3v) is 3.88. The van der Waals surface area contributed by atoms with Crippen LogP contribution in [0.2, 0.25) is 0 Å². The molecule has 0 bridgehead atoms. The zero-order valence-electron chi connectivity index (χ0n) is 10.3. The number of fused-ring (bicyclic) bond motifs is 1. The topological polar surface area (TPSA) is 71.3 Å². The van der Waals surface area contributed by atoms with E-state index in [1.54, 1.807) is 12.1 Å². The molecule has 3 rings (SSSR count). The van der Waals surface area contributed by atoms with E-state index in [0.717, 1.165) is 31.9 Å². The molecule has 1 aromatic rings. The van der Waals surface area contributed by atoms with E-state index in [9.17, 15) is 10.1 Å². The number of nitrogens with zero attached hydrogens (tertiary/aromatic N) is 3. The van der Waals surface area contributed by atoms with Gasteiger partial charge in [0.05, 0.1) is 4.92 Å². The van der Waals surface area contributed by atoms with Crippen LogP contribution in [0.25, 0.3) is 0 Å². The summed E-state index contributed by atoms with van der Waals surface area (Å²) in [6.45, 7) is 5.64. The quantitative estimate of drug-likeness (QED) is 0.623. The summed E-state index contributed by atoms with van der Waals surface area (Å²) in [5.74, 6) is 1.74. The Labute approximate surface area is 105 Å². The van der Waals surface area contributed by atoms with Crippen LogP contribution < -0.4 is 10.2 Å². The van der Waals surface area contributed by atoms with E-state index in [0.29, 0.717) is 17.7 Å². The molecule has 6 heteroatoms. The van der Waals surface area contributed by atoms with E-state index >= 15 is 0 Å². The Morgan fingerprint density at radius 1 is 1.39 bits per heavy atom. The van der Waals surface area contributed by atoms with Crippen molar-refractivity contribution in [2.24, 2.45) is 11.8 Å². The lowest BCUT2D eigenvalue weighted by molar-refractivity contribution is -0.384. The van der Waals surface area contributed by atoms with Crippen molar-refractivity contribution in [3.63, 3.8) is 0 Å². The van der Waals surface area contributed by atoms with Crippen molar-refractivity contribution < 1.29 is 4.92 Å². The third kappa shape index (κ3) is 1.82.